The normalized spacial score (nSPS) is 10.9. The third-order valence-corrected chi connectivity index (χ3v) is 5.90. The van der Waals surface area contributed by atoms with Gasteiger partial charge < -0.3 is 5.32 Å². The van der Waals surface area contributed by atoms with E-state index in [0.29, 0.717) is 16.6 Å². The summed E-state index contributed by atoms with van der Waals surface area (Å²) < 4.78 is 1.31. The van der Waals surface area contributed by atoms with Crippen LogP contribution in [0.3, 0.4) is 0 Å². The lowest BCUT2D eigenvalue weighted by Gasteiger charge is -2.09. The number of carbonyl (C=O) groups is 1. The van der Waals surface area contributed by atoms with Crippen molar-refractivity contribution in [2.24, 2.45) is 0 Å². The van der Waals surface area contributed by atoms with Gasteiger partial charge in [-0.3, -0.25) is 14.2 Å². The quantitative estimate of drug-likeness (QED) is 0.427. The molecule has 0 unspecified atom stereocenters. The van der Waals surface area contributed by atoms with Crippen molar-refractivity contribution in [3.63, 3.8) is 0 Å². The summed E-state index contributed by atoms with van der Waals surface area (Å²) in [6.45, 7) is -0.115. The van der Waals surface area contributed by atoms with Crippen molar-refractivity contribution < 1.29 is 4.79 Å². The second-order valence-corrected chi connectivity index (χ2v) is 8.09. The fraction of sp³-hybridized carbons (Fsp3) is 0.0400. The molecule has 0 bridgehead atoms. The van der Waals surface area contributed by atoms with Gasteiger partial charge in [0, 0.05) is 22.2 Å². The Morgan fingerprint density at radius 1 is 0.938 bits per heavy atom. The number of anilines is 1. The first-order valence-corrected chi connectivity index (χ1v) is 10.9. The molecule has 0 atom stereocenters. The van der Waals surface area contributed by atoms with Gasteiger partial charge in [0.05, 0.1) is 22.9 Å². The van der Waals surface area contributed by atoms with Crippen molar-refractivity contribution in [3.05, 3.63) is 101 Å². The van der Waals surface area contributed by atoms with E-state index in [0.717, 1.165) is 21.8 Å². The summed E-state index contributed by atoms with van der Waals surface area (Å²) in [5, 5.41) is 6.30. The van der Waals surface area contributed by atoms with Crippen molar-refractivity contribution in [2.75, 3.05) is 5.32 Å². The van der Waals surface area contributed by atoms with Gasteiger partial charge in [-0.05, 0) is 24.3 Å². The average molecular weight is 439 g/mol. The highest BCUT2D eigenvalue weighted by molar-refractivity contribution is 7.13. The van der Waals surface area contributed by atoms with E-state index < -0.39 is 0 Å². The van der Waals surface area contributed by atoms with Crippen LogP contribution in [-0.2, 0) is 11.3 Å². The van der Waals surface area contributed by atoms with Crippen LogP contribution in [0, 0.1) is 0 Å². The average Bonchev–Trinajstić information content (AvgIpc) is 3.32. The lowest BCUT2D eigenvalue weighted by molar-refractivity contribution is -0.116. The van der Waals surface area contributed by atoms with E-state index in [1.54, 1.807) is 29.5 Å². The largest absolute Gasteiger partial charge is 0.325 e. The van der Waals surface area contributed by atoms with E-state index in [9.17, 15) is 9.59 Å². The Morgan fingerprint density at radius 3 is 2.59 bits per heavy atom. The van der Waals surface area contributed by atoms with Crippen LogP contribution in [-0.4, -0.2) is 20.4 Å². The first-order valence-electron chi connectivity index (χ1n) is 10.0. The standard InChI is InChI=1S/C25H18N4O2S/c30-23(14-29-16-26-21-12-5-4-11-20(21)25(29)31)27-19-10-6-9-18(13-19)22-15-32-24(28-22)17-7-2-1-3-8-17/h1-13,15-16H,14H2,(H,27,30). The fourth-order valence-electron chi connectivity index (χ4n) is 3.45. The summed E-state index contributed by atoms with van der Waals surface area (Å²) in [6, 6.07) is 24.6. The summed E-state index contributed by atoms with van der Waals surface area (Å²) >= 11 is 1.58. The number of fused-ring (bicyclic) bond motifs is 1. The molecule has 0 aliphatic carbocycles. The molecule has 0 radical (unpaired) electrons. The van der Waals surface area contributed by atoms with Gasteiger partial charge >= 0.3 is 0 Å². The molecule has 2 aromatic heterocycles. The maximum atomic E-state index is 12.6. The Hall–Kier alpha value is -4.10. The molecule has 1 N–H and O–H groups in total. The molecule has 5 aromatic rings. The number of aromatic nitrogens is 3. The summed E-state index contributed by atoms with van der Waals surface area (Å²) in [5.41, 5.74) is 3.84. The third kappa shape index (κ3) is 4.06. The van der Waals surface area contributed by atoms with Gasteiger partial charge in [0.1, 0.15) is 11.6 Å². The van der Waals surface area contributed by atoms with Gasteiger partial charge in [0.2, 0.25) is 5.91 Å². The Kier molecular flexibility index (Phi) is 5.31. The first kappa shape index (κ1) is 19.8. The Labute approximate surface area is 187 Å². The number of rotatable bonds is 5. The zero-order valence-electron chi connectivity index (χ0n) is 16.9. The molecule has 1 amide bonds. The van der Waals surface area contributed by atoms with Crippen LogP contribution in [0.4, 0.5) is 5.69 Å². The minimum absolute atomic E-state index is 0.115. The summed E-state index contributed by atoms with van der Waals surface area (Å²) in [7, 11) is 0. The molecule has 0 aliphatic rings. The van der Waals surface area contributed by atoms with Crippen LogP contribution in [0.1, 0.15) is 0 Å². The van der Waals surface area contributed by atoms with Crippen LogP contribution >= 0.6 is 11.3 Å². The smallest absolute Gasteiger partial charge is 0.261 e. The van der Waals surface area contributed by atoms with Crippen LogP contribution in [0.25, 0.3) is 32.7 Å². The molecule has 7 heteroatoms. The number of nitrogens with one attached hydrogen (secondary N) is 1. The predicted octanol–water partition coefficient (Wildman–Crippen LogP) is 4.83. The molecule has 0 spiro atoms. The molecule has 156 valence electrons. The third-order valence-electron chi connectivity index (χ3n) is 5.01. The predicted molar refractivity (Wildman–Crippen MR) is 128 cm³/mol. The van der Waals surface area contributed by atoms with Gasteiger partial charge in [0.25, 0.3) is 5.56 Å². The molecule has 0 saturated carbocycles. The van der Waals surface area contributed by atoms with E-state index >= 15 is 0 Å². The number of benzene rings is 3. The van der Waals surface area contributed by atoms with E-state index in [1.807, 2.05) is 66.0 Å². The van der Waals surface area contributed by atoms with Crippen molar-refractivity contribution in [2.45, 2.75) is 6.54 Å². The van der Waals surface area contributed by atoms with Crippen LogP contribution in [0.15, 0.2) is 95.4 Å². The van der Waals surface area contributed by atoms with Crippen LogP contribution < -0.4 is 10.9 Å². The number of amides is 1. The van der Waals surface area contributed by atoms with Crippen molar-refractivity contribution >= 4 is 33.8 Å². The molecule has 6 nitrogen and oxygen atoms in total. The van der Waals surface area contributed by atoms with Gasteiger partial charge in [-0.1, -0.05) is 54.6 Å². The zero-order valence-corrected chi connectivity index (χ0v) is 17.8. The van der Waals surface area contributed by atoms with Crippen molar-refractivity contribution in [3.8, 4) is 21.8 Å². The van der Waals surface area contributed by atoms with Crippen molar-refractivity contribution in [1.82, 2.24) is 14.5 Å². The van der Waals surface area contributed by atoms with Gasteiger partial charge in [-0.25, -0.2) is 9.97 Å². The highest BCUT2D eigenvalue weighted by Crippen LogP contribution is 2.29. The summed E-state index contributed by atoms with van der Waals surface area (Å²) in [4.78, 5) is 34.2. The van der Waals surface area contributed by atoms with E-state index in [1.165, 1.54) is 10.9 Å². The van der Waals surface area contributed by atoms with Gasteiger partial charge in [-0.2, -0.15) is 0 Å². The molecule has 32 heavy (non-hydrogen) atoms. The maximum absolute atomic E-state index is 12.6. The molecule has 2 heterocycles. The number of hydrogen-bond donors (Lipinski definition) is 1. The molecule has 3 aromatic carbocycles. The number of para-hydroxylation sites is 1. The highest BCUT2D eigenvalue weighted by atomic mass is 32.1. The Morgan fingerprint density at radius 2 is 1.72 bits per heavy atom. The maximum Gasteiger partial charge on any atom is 0.261 e. The number of carbonyl (C=O) groups excluding carboxylic acids is 1. The van der Waals surface area contributed by atoms with Crippen molar-refractivity contribution in [1.29, 1.82) is 0 Å². The van der Waals surface area contributed by atoms with E-state index in [-0.39, 0.29) is 18.0 Å². The topological polar surface area (TPSA) is 76.9 Å². The Bertz CT molecular complexity index is 1470. The van der Waals surface area contributed by atoms with Crippen LogP contribution in [0.5, 0.6) is 0 Å². The SMILES string of the molecule is O=C(Cn1cnc2ccccc2c1=O)Nc1cccc(-c2csc(-c3ccccc3)n2)c1. The minimum atomic E-state index is -0.301. The fourth-order valence-corrected chi connectivity index (χ4v) is 4.29. The van der Waals surface area contributed by atoms with Gasteiger partial charge in [0.15, 0.2) is 0 Å². The minimum Gasteiger partial charge on any atom is -0.325 e. The summed E-state index contributed by atoms with van der Waals surface area (Å²) in [5.74, 6) is -0.301. The monoisotopic (exact) mass is 438 g/mol. The first-order chi connectivity index (χ1) is 15.7. The number of thiazole rings is 1. The highest BCUT2D eigenvalue weighted by Gasteiger charge is 2.10. The lowest BCUT2D eigenvalue weighted by atomic mass is 10.1. The summed E-state index contributed by atoms with van der Waals surface area (Å²) in [6.07, 6.45) is 1.40. The molecular formula is C25H18N4O2S. The molecule has 5 rings (SSSR count). The Balaban J connectivity index is 1.33. The number of nitrogens with zero attached hydrogens (tertiary/aromatic N) is 3. The molecule has 0 saturated heterocycles. The van der Waals surface area contributed by atoms with Crippen LogP contribution in [0.2, 0.25) is 0 Å². The second-order valence-electron chi connectivity index (χ2n) is 7.23. The van der Waals surface area contributed by atoms with E-state index in [4.69, 9.17) is 4.98 Å². The second kappa shape index (κ2) is 8.56. The molecular weight excluding hydrogens is 420 g/mol. The lowest BCUT2D eigenvalue weighted by Crippen LogP contribution is -2.27. The zero-order chi connectivity index (χ0) is 21.9. The molecule has 0 fully saturated rings. The van der Waals surface area contributed by atoms with E-state index in [2.05, 4.69) is 10.3 Å². The molecule has 0 aliphatic heterocycles. The van der Waals surface area contributed by atoms with Gasteiger partial charge in [-0.15, -0.1) is 11.3 Å². The number of hydrogen-bond acceptors (Lipinski definition) is 5.